The summed E-state index contributed by atoms with van der Waals surface area (Å²) >= 11 is 0. The number of ether oxygens (including phenoxy) is 2. The standard InChI is InChI=1S/C21H18F3NO5/c1-10-11(2)20(30-19(10)28)29-9-14-17-13-6-4-3-5-12(13)7-15(17)25(18(14)27)16(26)8-21(22,23)24/h3-6,9,15,17,20H,7-8H2,1-2H3/b14-9+. The van der Waals surface area contributed by atoms with Crippen molar-refractivity contribution in [3.05, 3.63) is 58.4 Å². The number of nitrogens with zero attached hydrogens (tertiary/aromatic N) is 1. The van der Waals surface area contributed by atoms with Crippen molar-refractivity contribution in [2.75, 3.05) is 0 Å². The fourth-order valence-corrected chi connectivity index (χ4v) is 4.17. The molecule has 0 aromatic heterocycles. The normalized spacial score (nSPS) is 26.9. The molecule has 0 bridgehead atoms. The van der Waals surface area contributed by atoms with E-state index in [-0.39, 0.29) is 12.0 Å². The van der Waals surface area contributed by atoms with Gasteiger partial charge in [0.2, 0.25) is 5.91 Å². The molecule has 1 aliphatic carbocycles. The molecule has 0 saturated carbocycles. The van der Waals surface area contributed by atoms with Crippen LogP contribution < -0.4 is 0 Å². The molecule has 3 aliphatic rings. The summed E-state index contributed by atoms with van der Waals surface area (Å²) in [5.74, 6) is -3.26. The number of esters is 1. The van der Waals surface area contributed by atoms with Crippen LogP contribution in [0, 0.1) is 0 Å². The van der Waals surface area contributed by atoms with Crippen LogP contribution in [-0.4, -0.2) is 41.2 Å². The van der Waals surface area contributed by atoms with E-state index in [4.69, 9.17) is 9.47 Å². The number of hydrogen-bond acceptors (Lipinski definition) is 5. The minimum atomic E-state index is -4.72. The number of halogens is 3. The lowest BCUT2D eigenvalue weighted by molar-refractivity contribution is -0.164. The summed E-state index contributed by atoms with van der Waals surface area (Å²) in [6, 6.07) is 6.41. The summed E-state index contributed by atoms with van der Waals surface area (Å²) in [7, 11) is 0. The van der Waals surface area contributed by atoms with Crippen LogP contribution in [0.25, 0.3) is 0 Å². The molecule has 2 amide bonds. The first-order valence-corrected chi connectivity index (χ1v) is 9.33. The molecule has 3 atom stereocenters. The number of carbonyl (C=O) groups is 3. The molecule has 0 N–H and O–H groups in total. The molecule has 1 fully saturated rings. The van der Waals surface area contributed by atoms with E-state index < -0.39 is 48.6 Å². The molecular formula is C21H18F3NO5. The van der Waals surface area contributed by atoms with E-state index in [2.05, 4.69) is 0 Å². The maximum Gasteiger partial charge on any atom is 0.397 e. The van der Waals surface area contributed by atoms with E-state index in [9.17, 15) is 27.6 Å². The lowest BCUT2D eigenvalue weighted by Crippen LogP contribution is -2.41. The molecule has 0 radical (unpaired) electrons. The van der Waals surface area contributed by atoms with Crippen molar-refractivity contribution >= 4 is 17.8 Å². The fourth-order valence-electron chi connectivity index (χ4n) is 4.17. The van der Waals surface area contributed by atoms with Crippen molar-refractivity contribution < 1.29 is 37.0 Å². The van der Waals surface area contributed by atoms with Gasteiger partial charge >= 0.3 is 12.1 Å². The molecule has 2 aliphatic heterocycles. The van der Waals surface area contributed by atoms with Crippen molar-refractivity contribution in [2.45, 2.75) is 51.1 Å². The Morgan fingerprint density at radius 1 is 1.27 bits per heavy atom. The van der Waals surface area contributed by atoms with Gasteiger partial charge in [0.05, 0.1) is 17.9 Å². The molecule has 4 rings (SSSR count). The lowest BCUT2D eigenvalue weighted by atomic mass is 9.94. The minimum Gasteiger partial charge on any atom is -0.458 e. The highest BCUT2D eigenvalue weighted by atomic mass is 19.4. The maximum absolute atomic E-state index is 12.9. The van der Waals surface area contributed by atoms with Gasteiger partial charge in [-0.1, -0.05) is 24.3 Å². The number of fused-ring (bicyclic) bond motifs is 3. The van der Waals surface area contributed by atoms with Gasteiger partial charge in [-0.15, -0.1) is 0 Å². The smallest absolute Gasteiger partial charge is 0.397 e. The van der Waals surface area contributed by atoms with E-state index in [1.807, 2.05) is 6.07 Å². The van der Waals surface area contributed by atoms with Crippen molar-refractivity contribution in [3.8, 4) is 0 Å². The monoisotopic (exact) mass is 421 g/mol. The second-order valence-electron chi connectivity index (χ2n) is 7.56. The van der Waals surface area contributed by atoms with Gasteiger partial charge in [-0.05, 0) is 31.4 Å². The van der Waals surface area contributed by atoms with Gasteiger partial charge in [-0.25, -0.2) is 4.79 Å². The number of likely N-dealkylation sites (tertiary alicyclic amines) is 1. The number of imide groups is 1. The third kappa shape index (κ3) is 3.28. The molecule has 1 aromatic carbocycles. The first kappa shape index (κ1) is 20.2. The number of rotatable bonds is 3. The molecule has 1 saturated heterocycles. The number of cyclic esters (lactones) is 1. The molecule has 158 valence electrons. The van der Waals surface area contributed by atoms with Crippen LogP contribution in [0.5, 0.6) is 0 Å². The topological polar surface area (TPSA) is 72.9 Å². The van der Waals surface area contributed by atoms with Crippen LogP contribution in [0.2, 0.25) is 0 Å². The Labute approximate surface area is 169 Å². The molecule has 0 spiro atoms. The molecule has 1 aromatic rings. The van der Waals surface area contributed by atoms with Gasteiger partial charge in [-0.2, -0.15) is 13.2 Å². The van der Waals surface area contributed by atoms with Crippen molar-refractivity contribution in [1.29, 1.82) is 0 Å². The predicted octanol–water partition coefficient (Wildman–Crippen LogP) is 3.14. The molecule has 2 heterocycles. The number of carbonyl (C=O) groups excluding carboxylic acids is 3. The van der Waals surface area contributed by atoms with Gasteiger partial charge in [-0.3, -0.25) is 14.5 Å². The SMILES string of the molecule is CC1=C(C)C(O/C=C2/C(=O)N(C(=O)CC(F)(F)F)C3Cc4ccccc4C23)OC1=O. The molecule has 9 heteroatoms. The summed E-state index contributed by atoms with van der Waals surface area (Å²) < 4.78 is 49.0. The van der Waals surface area contributed by atoms with Crippen molar-refractivity contribution in [3.63, 3.8) is 0 Å². The van der Waals surface area contributed by atoms with E-state index in [1.165, 1.54) is 0 Å². The van der Waals surface area contributed by atoms with Crippen LogP contribution in [0.1, 0.15) is 37.3 Å². The van der Waals surface area contributed by atoms with Crippen molar-refractivity contribution in [1.82, 2.24) is 4.90 Å². The Balaban J connectivity index is 1.68. The highest BCUT2D eigenvalue weighted by Gasteiger charge is 2.53. The average Bonchev–Trinajstić information content (AvgIpc) is 3.23. The Morgan fingerprint density at radius 2 is 1.97 bits per heavy atom. The number of alkyl halides is 3. The van der Waals surface area contributed by atoms with E-state index in [0.29, 0.717) is 16.0 Å². The lowest BCUT2D eigenvalue weighted by Gasteiger charge is -2.22. The largest absolute Gasteiger partial charge is 0.458 e. The van der Waals surface area contributed by atoms with E-state index >= 15 is 0 Å². The number of benzene rings is 1. The second kappa shape index (κ2) is 7.00. The van der Waals surface area contributed by atoms with Crippen LogP contribution >= 0.6 is 0 Å². The highest BCUT2D eigenvalue weighted by molar-refractivity contribution is 6.08. The van der Waals surface area contributed by atoms with Crippen LogP contribution in [0.15, 0.2) is 47.2 Å². The van der Waals surface area contributed by atoms with E-state index in [1.54, 1.807) is 32.0 Å². The molecule has 6 nitrogen and oxygen atoms in total. The Kier molecular flexibility index (Phi) is 4.71. The zero-order valence-corrected chi connectivity index (χ0v) is 16.2. The fraction of sp³-hybridized carbons (Fsp3) is 0.381. The van der Waals surface area contributed by atoms with Gasteiger partial charge in [0, 0.05) is 17.1 Å². The van der Waals surface area contributed by atoms with Gasteiger partial charge in [0.25, 0.3) is 12.2 Å². The summed E-state index contributed by atoms with van der Waals surface area (Å²) in [5, 5.41) is 0. The van der Waals surface area contributed by atoms with Crippen LogP contribution in [0.4, 0.5) is 13.2 Å². The van der Waals surface area contributed by atoms with Gasteiger partial charge in [0.15, 0.2) is 0 Å². The maximum atomic E-state index is 12.9. The summed E-state index contributed by atoms with van der Waals surface area (Å²) in [4.78, 5) is 37.7. The van der Waals surface area contributed by atoms with Crippen molar-refractivity contribution in [2.24, 2.45) is 0 Å². The molecular weight excluding hydrogens is 403 g/mol. The van der Waals surface area contributed by atoms with Gasteiger partial charge in [0.1, 0.15) is 6.42 Å². The minimum absolute atomic E-state index is 0.0638. The summed E-state index contributed by atoms with van der Waals surface area (Å²) in [5.41, 5.74) is 2.61. The zero-order chi connectivity index (χ0) is 21.8. The highest BCUT2D eigenvalue weighted by Crippen LogP contribution is 2.47. The first-order chi connectivity index (χ1) is 14.1. The van der Waals surface area contributed by atoms with Crippen LogP contribution in [-0.2, 0) is 30.3 Å². The Bertz CT molecular complexity index is 1010. The van der Waals surface area contributed by atoms with Gasteiger partial charge < -0.3 is 9.47 Å². The first-order valence-electron chi connectivity index (χ1n) is 9.33. The van der Waals surface area contributed by atoms with E-state index in [0.717, 1.165) is 17.4 Å². The average molecular weight is 421 g/mol. The zero-order valence-electron chi connectivity index (χ0n) is 16.2. The quantitative estimate of drug-likeness (QED) is 0.426. The Hall–Kier alpha value is -3.10. The third-order valence-electron chi connectivity index (χ3n) is 5.74. The molecule has 3 unspecified atom stereocenters. The number of hydrogen-bond donors (Lipinski definition) is 0. The third-order valence-corrected chi connectivity index (χ3v) is 5.74. The predicted molar refractivity (Wildman–Crippen MR) is 96.6 cm³/mol. The Morgan fingerprint density at radius 3 is 2.60 bits per heavy atom. The molecule has 30 heavy (non-hydrogen) atoms. The summed E-state index contributed by atoms with van der Waals surface area (Å²) in [6.07, 6.45) is -6.08. The summed E-state index contributed by atoms with van der Waals surface area (Å²) in [6.45, 7) is 3.22. The second-order valence-corrected chi connectivity index (χ2v) is 7.56. The number of amides is 2. The van der Waals surface area contributed by atoms with Crippen LogP contribution in [0.3, 0.4) is 0 Å².